The maximum absolute atomic E-state index is 12.0. The van der Waals surface area contributed by atoms with Gasteiger partial charge in [-0.15, -0.1) is 0 Å². The lowest BCUT2D eigenvalue weighted by Crippen LogP contribution is -2.60. The van der Waals surface area contributed by atoms with Crippen molar-refractivity contribution < 1.29 is 18.7 Å². The van der Waals surface area contributed by atoms with Gasteiger partial charge in [-0.1, -0.05) is 0 Å². The second-order valence-corrected chi connectivity index (χ2v) is 4.59. The first-order valence-electron chi connectivity index (χ1n) is 5.31. The lowest BCUT2D eigenvalue weighted by Gasteiger charge is -2.46. The first-order chi connectivity index (χ1) is 7.01. The summed E-state index contributed by atoms with van der Waals surface area (Å²) in [7, 11) is 0. The fourth-order valence-electron chi connectivity index (χ4n) is 2.16. The van der Waals surface area contributed by atoms with Crippen molar-refractivity contribution in [2.24, 2.45) is 5.92 Å². The largest absolute Gasteiger partial charge is 0.380 e. The van der Waals surface area contributed by atoms with Crippen molar-refractivity contribution in [3.63, 3.8) is 0 Å². The Morgan fingerprint density at radius 1 is 1.47 bits per heavy atom. The number of halogens is 2. The highest BCUT2D eigenvalue weighted by Crippen LogP contribution is 2.35. The summed E-state index contributed by atoms with van der Waals surface area (Å²) in [5.74, 6) is -0.350. The van der Waals surface area contributed by atoms with E-state index in [1.54, 1.807) is 0 Å². The number of aliphatic hydroxyl groups is 1. The molecular formula is C10H15F2NO2. The summed E-state index contributed by atoms with van der Waals surface area (Å²) in [6, 6.07) is 0. The van der Waals surface area contributed by atoms with Crippen LogP contribution in [-0.4, -0.2) is 41.0 Å². The Bertz CT molecular complexity index is 260. The van der Waals surface area contributed by atoms with E-state index in [1.807, 2.05) is 0 Å². The molecule has 2 aliphatic rings. The molecule has 0 radical (unpaired) electrons. The molecule has 0 aromatic heterocycles. The Labute approximate surface area is 87.1 Å². The zero-order valence-corrected chi connectivity index (χ0v) is 8.46. The SMILES string of the molecule is O=C(N1CC(CC(F)F)C1)C1(O)CCC1. The monoisotopic (exact) mass is 219 g/mol. The summed E-state index contributed by atoms with van der Waals surface area (Å²) in [5, 5.41) is 9.74. The van der Waals surface area contributed by atoms with Crippen LogP contribution in [0.15, 0.2) is 0 Å². The second-order valence-electron chi connectivity index (χ2n) is 4.59. The highest BCUT2D eigenvalue weighted by atomic mass is 19.3. The van der Waals surface area contributed by atoms with Crippen LogP contribution in [0.3, 0.4) is 0 Å². The van der Waals surface area contributed by atoms with Gasteiger partial charge in [0.2, 0.25) is 6.43 Å². The third-order valence-corrected chi connectivity index (χ3v) is 3.33. The lowest BCUT2D eigenvalue weighted by molar-refractivity contribution is -0.167. The highest BCUT2D eigenvalue weighted by molar-refractivity contribution is 5.86. The van der Waals surface area contributed by atoms with Gasteiger partial charge >= 0.3 is 0 Å². The van der Waals surface area contributed by atoms with Gasteiger partial charge in [-0.25, -0.2) is 8.78 Å². The number of carbonyl (C=O) groups excluding carboxylic acids is 1. The van der Waals surface area contributed by atoms with Crippen LogP contribution in [0.4, 0.5) is 8.78 Å². The molecular weight excluding hydrogens is 204 g/mol. The van der Waals surface area contributed by atoms with Gasteiger partial charge in [-0.3, -0.25) is 4.79 Å². The van der Waals surface area contributed by atoms with Crippen LogP contribution in [0.2, 0.25) is 0 Å². The molecule has 0 bridgehead atoms. The zero-order valence-electron chi connectivity index (χ0n) is 8.46. The molecule has 0 atom stereocenters. The summed E-state index contributed by atoms with van der Waals surface area (Å²) in [6.07, 6.45) is -0.526. The number of likely N-dealkylation sites (tertiary alicyclic amines) is 1. The highest BCUT2D eigenvalue weighted by Gasteiger charge is 2.47. The van der Waals surface area contributed by atoms with E-state index < -0.39 is 12.0 Å². The fourth-order valence-corrected chi connectivity index (χ4v) is 2.16. The van der Waals surface area contributed by atoms with Crippen molar-refractivity contribution in [1.82, 2.24) is 4.90 Å². The van der Waals surface area contributed by atoms with Gasteiger partial charge in [0.25, 0.3) is 5.91 Å². The molecule has 1 aliphatic carbocycles. The number of carbonyl (C=O) groups is 1. The van der Waals surface area contributed by atoms with E-state index >= 15 is 0 Å². The van der Waals surface area contributed by atoms with Crippen LogP contribution in [0, 0.1) is 5.92 Å². The summed E-state index contributed by atoms with van der Waals surface area (Å²) in [5.41, 5.74) is -1.17. The fraction of sp³-hybridized carbons (Fsp3) is 0.900. The van der Waals surface area contributed by atoms with Crippen LogP contribution >= 0.6 is 0 Å². The topological polar surface area (TPSA) is 40.5 Å². The van der Waals surface area contributed by atoms with E-state index in [2.05, 4.69) is 0 Å². The van der Waals surface area contributed by atoms with Crippen molar-refractivity contribution in [2.45, 2.75) is 37.7 Å². The molecule has 86 valence electrons. The Hall–Kier alpha value is -0.710. The maximum atomic E-state index is 12.0. The predicted molar refractivity (Wildman–Crippen MR) is 49.5 cm³/mol. The second kappa shape index (κ2) is 3.70. The standard InChI is InChI=1S/C10H15F2NO2/c11-8(12)4-7-5-13(6-7)9(14)10(15)2-1-3-10/h7-8,15H,1-6H2. The maximum Gasteiger partial charge on any atom is 0.254 e. The Morgan fingerprint density at radius 3 is 2.47 bits per heavy atom. The Kier molecular flexibility index (Phi) is 2.66. The van der Waals surface area contributed by atoms with Crippen LogP contribution in [0.5, 0.6) is 0 Å². The lowest BCUT2D eigenvalue weighted by atomic mass is 9.78. The molecule has 0 spiro atoms. The van der Waals surface area contributed by atoms with E-state index in [-0.39, 0.29) is 18.2 Å². The minimum Gasteiger partial charge on any atom is -0.380 e. The van der Waals surface area contributed by atoms with E-state index in [4.69, 9.17) is 0 Å². The molecule has 15 heavy (non-hydrogen) atoms. The Morgan fingerprint density at radius 2 is 2.07 bits per heavy atom. The summed E-state index contributed by atoms with van der Waals surface area (Å²) in [4.78, 5) is 13.1. The van der Waals surface area contributed by atoms with Gasteiger partial charge < -0.3 is 10.0 Å². The number of hydrogen-bond acceptors (Lipinski definition) is 2. The first-order valence-corrected chi connectivity index (χ1v) is 5.31. The molecule has 1 saturated carbocycles. The predicted octanol–water partition coefficient (Wildman–Crippen LogP) is 1.01. The molecule has 0 unspecified atom stereocenters. The van der Waals surface area contributed by atoms with Crippen molar-refractivity contribution in [1.29, 1.82) is 0 Å². The minimum absolute atomic E-state index is 0.0855. The first kappa shape index (κ1) is 10.8. The van der Waals surface area contributed by atoms with E-state index in [9.17, 15) is 18.7 Å². The number of alkyl halides is 2. The average Bonchev–Trinajstić information content (AvgIpc) is 2.05. The van der Waals surface area contributed by atoms with E-state index in [1.165, 1.54) is 4.90 Å². The number of amides is 1. The van der Waals surface area contributed by atoms with E-state index in [0.29, 0.717) is 25.9 Å². The van der Waals surface area contributed by atoms with Gasteiger partial charge in [0.05, 0.1) is 0 Å². The van der Waals surface area contributed by atoms with Crippen LogP contribution in [0.25, 0.3) is 0 Å². The van der Waals surface area contributed by atoms with Crippen molar-refractivity contribution in [3.8, 4) is 0 Å². The third-order valence-electron chi connectivity index (χ3n) is 3.33. The van der Waals surface area contributed by atoms with E-state index in [0.717, 1.165) is 6.42 Å². The number of hydrogen-bond donors (Lipinski definition) is 1. The van der Waals surface area contributed by atoms with Gasteiger partial charge in [-0.2, -0.15) is 0 Å². The minimum atomic E-state index is -2.29. The van der Waals surface area contributed by atoms with Gasteiger partial charge in [0.1, 0.15) is 5.60 Å². The summed E-state index contributed by atoms with van der Waals surface area (Å²) >= 11 is 0. The molecule has 0 aromatic rings. The van der Waals surface area contributed by atoms with Gasteiger partial charge in [0, 0.05) is 19.5 Å². The normalized spacial score (nSPS) is 24.9. The molecule has 1 aliphatic heterocycles. The Balaban J connectivity index is 1.77. The van der Waals surface area contributed by atoms with Crippen molar-refractivity contribution in [2.75, 3.05) is 13.1 Å². The van der Waals surface area contributed by atoms with Crippen molar-refractivity contribution in [3.05, 3.63) is 0 Å². The molecule has 3 nitrogen and oxygen atoms in total. The number of nitrogens with zero attached hydrogens (tertiary/aromatic N) is 1. The smallest absolute Gasteiger partial charge is 0.254 e. The van der Waals surface area contributed by atoms with Gasteiger partial charge in [0.15, 0.2) is 0 Å². The summed E-state index contributed by atoms with van der Waals surface area (Å²) < 4.78 is 24.0. The van der Waals surface area contributed by atoms with Crippen LogP contribution < -0.4 is 0 Å². The zero-order chi connectivity index (χ0) is 11.1. The number of rotatable bonds is 3. The molecule has 2 fully saturated rings. The summed E-state index contributed by atoms with van der Waals surface area (Å²) in [6.45, 7) is 0.761. The molecule has 2 rings (SSSR count). The average molecular weight is 219 g/mol. The molecule has 1 N–H and O–H groups in total. The van der Waals surface area contributed by atoms with Crippen molar-refractivity contribution >= 4 is 5.91 Å². The molecule has 1 amide bonds. The van der Waals surface area contributed by atoms with Crippen LogP contribution in [-0.2, 0) is 4.79 Å². The van der Waals surface area contributed by atoms with Crippen LogP contribution in [0.1, 0.15) is 25.7 Å². The third kappa shape index (κ3) is 1.97. The van der Waals surface area contributed by atoms with Gasteiger partial charge in [-0.05, 0) is 25.2 Å². The molecule has 0 aromatic carbocycles. The molecule has 5 heteroatoms. The molecule has 1 saturated heterocycles. The molecule has 1 heterocycles. The quantitative estimate of drug-likeness (QED) is 0.769.